The summed E-state index contributed by atoms with van der Waals surface area (Å²) in [7, 11) is 0. The average molecular weight is 291 g/mol. The maximum Gasteiger partial charge on any atom is 0.303 e. The van der Waals surface area contributed by atoms with Gasteiger partial charge in [0.25, 0.3) is 0 Å². The third kappa shape index (κ3) is 3.76. The van der Waals surface area contributed by atoms with Gasteiger partial charge in [0.2, 0.25) is 0 Å². The van der Waals surface area contributed by atoms with Crippen molar-refractivity contribution in [1.82, 2.24) is 0 Å². The molecule has 0 aliphatic heterocycles. The number of hydrogen-bond acceptors (Lipinski definition) is 3. The molecule has 0 saturated carbocycles. The number of carboxylic acids is 1. The minimum Gasteiger partial charge on any atom is -0.481 e. The summed E-state index contributed by atoms with van der Waals surface area (Å²) >= 11 is 4.66. The van der Waals surface area contributed by atoms with E-state index >= 15 is 0 Å². The molecule has 0 bridgehead atoms. The summed E-state index contributed by atoms with van der Waals surface area (Å²) < 4.78 is 0.792. The largest absolute Gasteiger partial charge is 0.481 e. The van der Waals surface area contributed by atoms with E-state index in [9.17, 15) is 9.59 Å². The number of carboxylic acid groups (broad SMARTS) is 1. The monoisotopic (exact) mass is 290 g/mol. The molecular weight excluding hydrogens is 280 g/mol. The standard InChI is InChI=1S/C10H11BrO3S/c1-6(5-9(13)14)4-8(12)10-7(11)2-3-15-10/h2-3,6H,4-5H2,1H3,(H,13,14). The normalized spacial score (nSPS) is 12.4. The van der Waals surface area contributed by atoms with Crippen molar-refractivity contribution >= 4 is 39.0 Å². The van der Waals surface area contributed by atoms with Gasteiger partial charge in [0.15, 0.2) is 5.78 Å². The number of aliphatic carboxylic acids is 1. The zero-order valence-corrected chi connectivity index (χ0v) is 10.6. The van der Waals surface area contributed by atoms with Crippen LogP contribution in [0.25, 0.3) is 0 Å². The Balaban J connectivity index is 2.56. The Kier molecular flexibility index (Phi) is 4.47. The van der Waals surface area contributed by atoms with Gasteiger partial charge in [-0.2, -0.15) is 0 Å². The first-order valence-corrected chi connectivity index (χ1v) is 6.16. The number of thiophene rings is 1. The van der Waals surface area contributed by atoms with Crippen LogP contribution in [0.15, 0.2) is 15.9 Å². The van der Waals surface area contributed by atoms with Gasteiger partial charge in [0.05, 0.1) is 4.88 Å². The van der Waals surface area contributed by atoms with Gasteiger partial charge in [0, 0.05) is 17.3 Å². The fraction of sp³-hybridized carbons (Fsp3) is 0.400. The lowest BCUT2D eigenvalue weighted by molar-refractivity contribution is -0.137. The Morgan fingerprint density at radius 1 is 1.53 bits per heavy atom. The summed E-state index contributed by atoms with van der Waals surface area (Å²) in [6.45, 7) is 1.77. The fourth-order valence-corrected chi connectivity index (χ4v) is 2.82. The molecule has 1 rings (SSSR count). The minimum absolute atomic E-state index is 0.00521. The van der Waals surface area contributed by atoms with E-state index in [1.807, 2.05) is 11.4 Å². The molecule has 0 amide bonds. The molecule has 3 nitrogen and oxygen atoms in total. The fourth-order valence-electron chi connectivity index (χ4n) is 1.27. The highest BCUT2D eigenvalue weighted by Crippen LogP contribution is 2.25. The second-order valence-corrected chi connectivity index (χ2v) is 5.20. The third-order valence-electron chi connectivity index (χ3n) is 1.93. The van der Waals surface area contributed by atoms with Gasteiger partial charge in [-0.05, 0) is 33.3 Å². The zero-order valence-electron chi connectivity index (χ0n) is 8.20. The molecule has 0 saturated heterocycles. The number of ketones is 1. The van der Waals surface area contributed by atoms with E-state index in [4.69, 9.17) is 5.11 Å². The molecule has 0 spiro atoms. The SMILES string of the molecule is CC(CC(=O)O)CC(=O)c1sccc1Br. The second kappa shape index (κ2) is 5.42. The van der Waals surface area contributed by atoms with Crippen molar-refractivity contribution in [2.24, 2.45) is 5.92 Å². The van der Waals surface area contributed by atoms with Crippen molar-refractivity contribution in [2.75, 3.05) is 0 Å². The maximum atomic E-state index is 11.7. The molecule has 1 aromatic heterocycles. The van der Waals surface area contributed by atoms with Gasteiger partial charge in [-0.25, -0.2) is 0 Å². The van der Waals surface area contributed by atoms with Crippen LogP contribution >= 0.6 is 27.3 Å². The highest BCUT2D eigenvalue weighted by molar-refractivity contribution is 9.10. The van der Waals surface area contributed by atoms with Crippen molar-refractivity contribution in [3.05, 3.63) is 20.8 Å². The van der Waals surface area contributed by atoms with E-state index in [0.717, 1.165) is 4.47 Å². The lowest BCUT2D eigenvalue weighted by atomic mass is 10.0. The van der Waals surface area contributed by atoms with Crippen LogP contribution in [-0.2, 0) is 4.79 Å². The summed E-state index contributed by atoms with van der Waals surface area (Å²) in [5, 5.41) is 10.4. The molecule has 0 radical (unpaired) electrons. The Labute approximate surface area is 100 Å². The number of Topliss-reactive ketones (excluding diaryl/α,β-unsaturated/α-hetero) is 1. The van der Waals surface area contributed by atoms with Gasteiger partial charge in [-0.15, -0.1) is 11.3 Å². The van der Waals surface area contributed by atoms with Gasteiger partial charge >= 0.3 is 5.97 Å². The number of halogens is 1. The van der Waals surface area contributed by atoms with E-state index in [-0.39, 0.29) is 24.5 Å². The zero-order chi connectivity index (χ0) is 11.4. The number of carbonyl (C=O) groups excluding carboxylic acids is 1. The summed E-state index contributed by atoms with van der Waals surface area (Å²) in [5.74, 6) is -0.977. The first-order chi connectivity index (χ1) is 7.00. The number of hydrogen-bond donors (Lipinski definition) is 1. The highest BCUT2D eigenvalue weighted by atomic mass is 79.9. The summed E-state index contributed by atoms with van der Waals surface area (Å²) in [4.78, 5) is 22.8. The van der Waals surface area contributed by atoms with E-state index in [1.54, 1.807) is 6.92 Å². The first-order valence-electron chi connectivity index (χ1n) is 4.48. The molecule has 1 heterocycles. The van der Waals surface area contributed by atoms with Crippen LogP contribution in [0.3, 0.4) is 0 Å². The smallest absolute Gasteiger partial charge is 0.303 e. The quantitative estimate of drug-likeness (QED) is 0.848. The molecule has 15 heavy (non-hydrogen) atoms. The molecule has 1 N–H and O–H groups in total. The van der Waals surface area contributed by atoms with Crippen molar-refractivity contribution in [2.45, 2.75) is 19.8 Å². The Bertz CT molecular complexity index is 372. The highest BCUT2D eigenvalue weighted by Gasteiger charge is 2.16. The lowest BCUT2D eigenvalue weighted by Gasteiger charge is -2.06. The van der Waals surface area contributed by atoms with E-state index < -0.39 is 5.97 Å². The van der Waals surface area contributed by atoms with Crippen LogP contribution < -0.4 is 0 Å². The summed E-state index contributed by atoms with van der Waals surface area (Å²) in [6, 6.07) is 1.82. The molecule has 0 aliphatic rings. The lowest BCUT2D eigenvalue weighted by Crippen LogP contribution is -2.09. The van der Waals surface area contributed by atoms with Crippen LogP contribution in [0.2, 0.25) is 0 Å². The van der Waals surface area contributed by atoms with E-state index in [2.05, 4.69) is 15.9 Å². The molecule has 1 atom stereocenters. The topological polar surface area (TPSA) is 54.4 Å². The van der Waals surface area contributed by atoms with Crippen LogP contribution in [0.4, 0.5) is 0 Å². The third-order valence-corrected chi connectivity index (χ3v) is 3.81. The predicted octanol–water partition coefficient (Wildman–Crippen LogP) is 3.19. The second-order valence-electron chi connectivity index (χ2n) is 3.43. The first kappa shape index (κ1) is 12.4. The van der Waals surface area contributed by atoms with Gasteiger partial charge < -0.3 is 5.11 Å². The molecule has 5 heteroatoms. The minimum atomic E-state index is -0.861. The van der Waals surface area contributed by atoms with Crippen LogP contribution in [-0.4, -0.2) is 16.9 Å². The Morgan fingerprint density at radius 2 is 2.20 bits per heavy atom. The van der Waals surface area contributed by atoms with Gasteiger partial charge in [-0.1, -0.05) is 6.92 Å². The summed E-state index contributed by atoms with van der Waals surface area (Å²) in [6.07, 6.45) is 0.320. The van der Waals surface area contributed by atoms with Crippen molar-refractivity contribution < 1.29 is 14.7 Å². The molecule has 82 valence electrons. The van der Waals surface area contributed by atoms with Crippen molar-refractivity contribution in [3.8, 4) is 0 Å². The maximum absolute atomic E-state index is 11.7. The van der Waals surface area contributed by atoms with E-state index in [0.29, 0.717) is 4.88 Å². The molecule has 0 aliphatic carbocycles. The van der Waals surface area contributed by atoms with Crippen LogP contribution in [0.5, 0.6) is 0 Å². The number of carbonyl (C=O) groups is 2. The molecule has 1 aromatic rings. The van der Waals surface area contributed by atoms with Gasteiger partial charge in [0.1, 0.15) is 0 Å². The summed E-state index contributed by atoms with van der Waals surface area (Å²) in [5.41, 5.74) is 0. The average Bonchev–Trinajstić information content (AvgIpc) is 2.49. The molecule has 1 unspecified atom stereocenters. The van der Waals surface area contributed by atoms with Crippen molar-refractivity contribution in [3.63, 3.8) is 0 Å². The molecule has 0 aromatic carbocycles. The van der Waals surface area contributed by atoms with E-state index in [1.165, 1.54) is 11.3 Å². The molecular formula is C10H11BrO3S. The number of rotatable bonds is 5. The molecule has 0 fully saturated rings. The predicted molar refractivity (Wildman–Crippen MR) is 62.4 cm³/mol. The van der Waals surface area contributed by atoms with Crippen LogP contribution in [0.1, 0.15) is 29.4 Å². The van der Waals surface area contributed by atoms with Gasteiger partial charge in [-0.3, -0.25) is 9.59 Å². The Morgan fingerprint density at radius 3 is 2.67 bits per heavy atom. The van der Waals surface area contributed by atoms with Crippen molar-refractivity contribution in [1.29, 1.82) is 0 Å². The van der Waals surface area contributed by atoms with Crippen LogP contribution in [0, 0.1) is 5.92 Å². The Hall–Kier alpha value is -0.680.